The number of β-amino-alcohol motifs (C(OH)–C–C–N with tert-alkyl or cyclic N) is 1. The first-order valence-electron chi connectivity index (χ1n) is 6.47. The summed E-state index contributed by atoms with van der Waals surface area (Å²) in [6, 6.07) is 8.76. The third-order valence-corrected chi connectivity index (χ3v) is 3.86. The first-order valence-corrected chi connectivity index (χ1v) is 6.47. The van der Waals surface area contributed by atoms with E-state index in [9.17, 15) is 25.2 Å². The summed E-state index contributed by atoms with van der Waals surface area (Å²) in [6.45, 7) is 0.718. The second-order valence-corrected chi connectivity index (χ2v) is 5.14. The molecule has 0 aliphatic carbocycles. The van der Waals surface area contributed by atoms with Crippen LogP contribution in [0.4, 0.5) is 0 Å². The molecule has 0 radical (unpaired) electrons. The molecule has 1 saturated heterocycles. The molecule has 110 valence electrons. The van der Waals surface area contributed by atoms with Crippen LogP contribution < -0.4 is 0 Å². The molecular formula is C14H19NO5. The van der Waals surface area contributed by atoms with Gasteiger partial charge in [0.15, 0.2) is 5.60 Å². The monoisotopic (exact) mass is 281 g/mol. The molecule has 1 heterocycles. The molecule has 0 aromatic heterocycles. The molecule has 1 aromatic rings. The molecule has 0 spiro atoms. The average molecular weight is 281 g/mol. The lowest BCUT2D eigenvalue weighted by Gasteiger charge is -2.45. The first kappa shape index (κ1) is 14.9. The average Bonchev–Trinajstić information content (AvgIpc) is 2.49. The molecule has 1 fully saturated rings. The minimum Gasteiger partial charge on any atom is -0.393 e. The van der Waals surface area contributed by atoms with Crippen molar-refractivity contribution >= 4 is 5.91 Å². The van der Waals surface area contributed by atoms with Crippen LogP contribution >= 0.6 is 0 Å². The molecule has 6 heteroatoms. The zero-order chi connectivity index (χ0) is 14.9. The van der Waals surface area contributed by atoms with E-state index in [1.807, 2.05) is 30.3 Å². The highest BCUT2D eigenvalue weighted by Crippen LogP contribution is 2.30. The Balaban J connectivity index is 2.31. The largest absolute Gasteiger partial charge is 0.393 e. The van der Waals surface area contributed by atoms with E-state index >= 15 is 0 Å². The van der Waals surface area contributed by atoms with Gasteiger partial charge < -0.3 is 25.3 Å². The molecule has 0 saturated carbocycles. The van der Waals surface area contributed by atoms with Crippen LogP contribution in [0.5, 0.6) is 0 Å². The predicted octanol–water partition coefficient (Wildman–Crippen LogP) is -0.965. The molecule has 6 nitrogen and oxygen atoms in total. The zero-order valence-electron chi connectivity index (χ0n) is 11.2. The smallest absolute Gasteiger partial charge is 0.260 e. The van der Waals surface area contributed by atoms with Crippen LogP contribution in [-0.2, 0) is 4.79 Å². The third kappa shape index (κ3) is 2.31. The lowest BCUT2D eigenvalue weighted by molar-refractivity contribution is -0.203. The summed E-state index contributed by atoms with van der Waals surface area (Å²) in [6.07, 6.45) is -3.00. The van der Waals surface area contributed by atoms with E-state index < -0.39 is 30.3 Å². The van der Waals surface area contributed by atoms with Crippen molar-refractivity contribution in [3.8, 4) is 0 Å². The Morgan fingerprint density at radius 3 is 2.50 bits per heavy atom. The summed E-state index contributed by atoms with van der Waals surface area (Å²) in [5.74, 6) is -0.783. The van der Waals surface area contributed by atoms with Gasteiger partial charge in [-0.05, 0) is 12.5 Å². The van der Waals surface area contributed by atoms with Crippen LogP contribution in [0, 0.1) is 0 Å². The Morgan fingerprint density at radius 2 is 1.95 bits per heavy atom. The minimum atomic E-state index is -2.36. The fraction of sp³-hybridized carbons (Fsp3) is 0.500. The molecule has 4 N–H and O–H groups in total. The summed E-state index contributed by atoms with van der Waals surface area (Å²) in [7, 11) is 0. The van der Waals surface area contributed by atoms with Gasteiger partial charge in [-0.3, -0.25) is 4.79 Å². The Labute approximate surface area is 116 Å². The van der Waals surface area contributed by atoms with Gasteiger partial charge in [-0.1, -0.05) is 30.3 Å². The number of carbonyl (C=O) groups is 1. The number of amides is 1. The summed E-state index contributed by atoms with van der Waals surface area (Å²) in [5, 5.41) is 38.9. The van der Waals surface area contributed by atoms with Crippen molar-refractivity contribution in [2.75, 3.05) is 13.2 Å². The van der Waals surface area contributed by atoms with E-state index in [2.05, 4.69) is 0 Å². The number of rotatable bonds is 3. The maximum absolute atomic E-state index is 12.3. The second-order valence-electron chi connectivity index (χ2n) is 5.14. The summed E-state index contributed by atoms with van der Waals surface area (Å²) >= 11 is 0. The normalized spacial score (nSPS) is 32.2. The summed E-state index contributed by atoms with van der Waals surface area (Å²) in [5.41, 5.74) is -1.52. The van der Waals surface area contributed by atoms with Crippen molar-refractivity contribution in [1.82, 2.24) is 4.90 Å². The van der Waals surface area contributed by atoms with Gasteiger partial charge in [0.1, 0.15) is 12.2 Å². The van der Waals surface area contributed by atoms with E-state index in [0.29, 0.717) is 0 Å². The lowest BCUT2D eigenvalue weighted by atomic mass is 9.86. The molecule has 1 aliphatic rings. The number of aliphatic hydroxyl groups excluding tert-OH is 3. The van der Waals surface area contributed by atoms with Crippen molar-refractivity contribution in [3.63, 3.8) is 0 Å². The maximum atomic E-state index is 12.3. The number of aliphatic hydroxyl groups is 4. The number of likely N-dealkylation sites (tertiary alicyclic amines) is 1. The molecule has 1 amide bonds. The highest BCUT2D eigenvalue weighted by atomic mass is 16.4. The highest BCUT2D eigenvalue weighted by molar-refractivity contribution is 5.87. The Bertz CT molecular complexity index is 480. The predicted molar refractivity (Wildman–Crippen MR) is 70.6 cm³/mol. The number of hydrogen-bond donors (Lipinski definition) is 4. The van der Waals surface area contributed by atoms with Crippen molar-refractivity contribution in [3.05, 3.63) is 35.9 Å². The van der Waals surface area contributed by atoms with Gasteiger partial charge in [-0.25, -0.2) is 0 Å². The van der Waals surface area contributed by atoms with Gasteiger partial charge in [0.05, 0.1) is 12.6 Å². The Hall–Kier alpha value is -1.47. The molecular weight excluding hydrogens is 262 g/mol. The lowest BCUT2D eigenvalue weighted by Crippen LogP contribution is -2.68. The second kappa shape index (κ2) is 5.49. The number of carbonyl (C=O) groups excluding carboxylic acids is 1. The van der Waals surface area contributed by atoms with Gasteiger partial charge >= 0.3 is 0 Å². The van der Waals surface area contributed by atoms with Crippen LogP contribution in [0.3, 0.4) is 0 Å². The number of benzene rings is 1. The van der Waals surface area contributed by atoms with E-state index in [-0.39, 0.29) is 12.6 Å². The molecule has 2 rings (SSSR count). The number of piperidine rings is 1. The van der Waals surface area contributed by atoms with E-state index in [4.69, 9.17) is 0 Å². The molecule has 4 atom stereocenters. The van der Waals surface area contributed by atoms with E-state index in [1.54, 1.807) is 6.92 Å². The number of nitrogens with zero attached hydrogens (tertiary/aromatic N) is 1. The molecule has 0 unspecified atom stereocenters. The zero-order valence-corrected chi connectivity index (χ0v) is 11.2. The van der Waals surface area contributed by atoms with Crippen molar-refractivity contribution in [1.29, 1.82) is 0 Å². The van der Waals surface area contributed by atoms with Gasteiger partial charge in [0.25, 0.3) is 5.91 Å². The minimum absolute atomic E-state index is 0.0988. The Kier molecular flexibility index (Phi) is 4.10. The summed E-state index contributed by atoms with van der Waals surface area (Å²) in [4.78, 5) is 13.6. The van der Waals surface area contributed by atoms with E-state index in [1.165, 1.54) is 4.90 Å². The number of hydrogen-bond acceptors (Lipinski definition) is 5. The van der Waals surface area contributed by atoms with Crippen LogP contribution in [0.2, 0.25) is 0 Å². The van der Waals surface area contributed by atoms with Gasteiger partial charge in [0, 0.05) is 6.54 Å². The first-order chi connectivity index (χ1) is 9.41. The highest BCUT2D eigenvalue weighted by Gasteiger charge is 2.53. The van der Waals surface area contributed by atoms with Crippen LogP contribution in [0.25, 0.3) is 0 Å². The molecule has 1 aromatic carbocycles. The Morgan fingerprint density at radius 1 is 1.35 bits per heavy atom. The molecule has 1 aliphatic heterocycles. The van der Waals surface area contributed by atoms with E-state index in [0.717, 1.165) is 5.56 Å². The molecule has 20 heavy (non-hydrogen) atoms. The standard InChI is InChI=1S/C14H19NO5/c1-9(10-5-3-2-4-6-10)15-7-11(17)12(18)14(20,8-16)13(15)19/h2-6,9,11-12,16-18,20H,7-8H2,1H3/t9-,11+,12-,14-/m0/s1. The van der Waals surface area contributed by atoms with Gasteiger partial charge in [0.2, 0.25) is 0 Å². The molecule has 0 bridgehead atoms. The van der Waals surface area contributed by atoms with Gasteiger partial charge in [-0.15, -0.1) is 0 Å². The van der Waals surface area contributed by atoms with Crippen LogP contribution in [0.1, 0.15) is 18.5 Å². The third-order valence-electron chi connectivity index (χ3n) is 3.86. The topological polar surface area (TPSA) is 101 Å². The van der Waals surface area contributed by atoms with Crippen LogP contribution in [0.15, 0.2) is 30.3 Å². The maximum Gasteiger partial charge on any atom is 0.260 e. The quantitative estimate of drug-likeness (QED) is 0.571. The fourth-order valence-electron chi connectivity index (χ4n) is 2.48. The van der Waals surface area contributed by atoms with Gasteiger partial charge in [-0.2, -0.15) is 0 Å². The fourth-order valence-corrected chi connectivity index (χ4v) is 2.48. The van der Waals surface area contributed by atoms with Crippen molar-refractivity contribution < 1.29 is 25.2 Å². The van der Waals surface area contributed by atoms with Crippen molar-refractivity contribution in [2.24, 2.45) is 0 Å². The summed E-state index contributed by atoms with van der Waals surface area (Å²) < 4.78 is 0. The van der Waals surface area contributed by atoms with Crippen molar-refractivity contribution in [2.45, 2.75) is 30.8 Å². The van der Waals surface area contributed by atoms with Crippen LogP contribution in [-0.4, -0.2) is 62.2 Å². The SMILES string of the molecule is C[C@@H](c1ccccc1)N1C[C@@H](O)[C@H](O)[C@@](O)(CO)C1=O.